The Morgan fingerprint density at radius 1 is 1.34 bits per heavy atom. The molecule has 2 amide bonds. The fourth-order valence-corrected chi connectivity index (χ4v) is 5.26. The van der Waals surface area contributed by atoms with Gasteiger partial charge in [-0.2, -0.15) is 5.26 Å². The maximum Gasteiger partial charge on any atom is 0.332 e. The zero-order valence-electron chi connectivity index (χ0n) is 18.4. The van der Waals surface area contributed by atoms with E-state index in [4.69, 9.17) is 9.20 Å². The van der Waals surface area contributed by atoms with Crippen LogP contribution < -0.4 is 10.0 Å². The van der Waals surface area contributed by atoms with Crippen molar-refractivity contribution in [1.29, 1.82) is 10.0 Å². The molecule has 0 spiro atoms. The summed E-state index contributed by atoms with van der Waals surface area (Å²) in [5.74, 6) is 0.705. The van der Waals surface area contributed by atoms with E-state index in [0.29, 0.717) is 22.7 Å². The number of hydrogen-bond acceptors (Lipinski definition) is 6. The quantitative estimate of drug-likeness (QED) is 0.506. The molecular weight excluding hydrogens is 428 g/mol. The van der Waals surface area contributed by atoms with Crippen LogP contribution in [0.5, 0.6) is 0 Å². The third kappa shape index (κ3) is 4.25. The second-order valence-electron chi connectivity index (χ2n) is 9.26. The number of rotatable bonds is 6. The SMILES string of the molecule is C[C@@H](c1cc(C#N)c2c(c1NC(=O)NS(=N)(=O)c1cc(C(C)(C)O)co1)CCC2)C1CC1. The van der Waals surface area contributed by atoms with Crippen molar-refractivity contribution in [3.8, 4) is 6.07 Å². The Morgan fingerprint density at radius 2 is 2.03 bits per heavy atom. The molecule has 0 aliphatic heterocycles. The zero-order valence-corrected chi connectivity index (χ0v) is 19.3. The summed E-state index contributed by atoms with van der Waals surface area (Å²) in [6, 6.07) is 4.72. The maximum atomic E-state index is 12.9. The van der Waals surface area contributed by atoms with Crippen molar-refractivity contribution < 1.29 is 18.5 Å². The third-order valence-corrected chi connectivity index (χ3v) is 7.67. The van der Waals surface area contributed by atoms with Gasteiger partial charge in [-0.25, -0.2) is 18.5 Å². The monoisotopic (exact) mass is 456 g/mol. The first kappa shape index (κ1) is 22.4. The highest BCUT2D eigenvalue weighted by Gasteiger charge is 2.33. The zero-order chi connectivity index (χ0) is 23.3. The Kier molecular flexibility index (Phi) is 5.55. The first-order valence-electron chi connectivity index (χ1n) is 10.8. The number of nitriles is 1. The number of carbonyl (C=O) groups is 1. The molecule has 4 N–H and O–H groups in total. The number of hydrogen-bond donors (Lipinski definition) is 4. The summed E-state index contributed by atoms with van der Waals surface area (Å²) in [7, 11) is -3.78. The fraction of sp³-hybridized carbons (Fsp3) is 0.478. The van der Waals surface area contributed by atoms with E-state index in [9.17, 15) is 19.4 Å². The molecule has 2 aliphatic carbocycles. The van der Waals surface area contributed by atoms with E-state index in [-0.39, 0.29) is 11.0 Å². The van der Waals surface area contributed by atoms with Crippen LogP contribution in [0.3, 0.4) is 0 Å². The molecule has 8 nitrogen and oxygen atoms in total. The molecule has 2 aromatic rings. The standard InChI is InChI=1S/C23H28N4O4S/c1-13(14-7-8-14)19-9-15(11-24)17-5-4-6-18(17)21(19)26-22(28)27-32(25,30)20-10-16(12-31-20)23(2,3)29/h9-10,12-14,29H,4-8H2,1-3H3,(H3,25,26,27,28,30)/t13-,32?/m1/s1. The van der Waals surface area contributed by atoms with Crippen molar-refractivity contribution >= 4 is 21.6 Å². The van der Waals surface area contributed by atoms with E-state index >= 15 is 0 Å². The number of nitrogens with zero attached hydrogens (tertiary/aromatic N) is 1. The van der Waals surface area contributed by atoms with Gasteiger partial charge in [0.05, 0.1) is 23.5 Å². The average Bonchev–Trinajstić information content (AvgIpc) is 3.21. The van der Waals surface area contributed by atoms with Crippen LogP contribution in [0.4, 0.5) is 10.5 Å². The van der Waals surface area contributed by atoms with Gasteiger partial charge < -0.3 is 14.8 Å². The number of fused-ring (bicyclic) bond motifs is 1. The van der Waals surface area contributed by atoms with Crippen molar-refractivity contribution in [2.45, 2.75) is 69.5 Å². The van der Waals surface area contributed by atoms with Crippen LogP contribution >= 0.6 is 0 Å². The fourth-order valence-electron chi connectivity index (χ4n) is 4.37. The second-order valence-corrected chi connectivity index (χ2v) is 11.0. The highest BCUT2D eigenvalue weighted by atomic mass is 32.2. The lowest BCUT2D eigenvalue weighted by Gasteiger charge is -2.21. The summed E-state index contributed by atoms with van der Waals surface area (Å²) in [6.07, 6.45) is 5.92. The number of amides is 2. The van der Waals surface area contributed by atoms with E-state index in [0.717, 1.165) is 48.8 Å². The van der Waals surface area contributed by atoms with Gasteiger partial charge in [-0.3, -0.25) is 0 Å². The Balaban J connectivity index is 1.62. The van der Waals surface area contributed by atoms with Crippen LogP contribution in [0.15, 0.2) is 27.9 Å². The maximum absolute atomic E-state index is 12.9. The van der Waals surface area contributed by atoms with Crippen molar-refractivity contribution in [2.75, 3.05) is 5.32 Å². The third-order valence-electron chi connectivity index (χ3n) is 6.41. The van der Waals surface area contributed by atoms with Crippen LogP contribution in [0.1, 0.15) is 73.8 Å². The molecule has 32 heavy (non-hydrogen) atoms. The Morgan fingerprint density at radius 3 is 2.62 bits per heavy atom. The van der Waals surface area contributed by atoms with E-state index in [1.165, 1.54) is 12.3 Å². The van der Waals surface area contributed by atoms with Crippen molar-refractivity contribution in [3.05, 3.63) is 46.2 Å². The highest BCUT2D eigenvalue weighted by Crippen LogP contribution is 2.47. The molecule has 2 atom stereocenters. The Labute approximate surface area is 188 Å². The number of carbonyl (C=O) groups excluding carboxylic acids is 1. The lowest BCUT2D eigenvalue weighted by atomic mass is 9.88. The van der Waals surface area contributed by atoms with Gasteiger partial charge in [0.2, 0.25) is 5.09 Å². The van der Waals surface area contributed by atoms with E-state index < -0.39 is 21.5 Å². The van der Waals surface area contributed by atoms with Gasteiger partial charge >= 0.3 is 6.03 Å². The molecule has 1 saturated carbocycles. The highest BCUT2D eigenvalue weighted by molar-refractivity contribution is 7.91. The molecular formula is C23H28N4O4S. The molecule has 9 heteroatoms. The van der Waals surface area contributed by atoms with Gasteiger partial charge in [0.1, 0.15) is 0 Å². The molecule has 170 valence electrons. The van der Waals surface area contributed by atoms with E-state index in [1.807, 2.05) is 6.07 Å². The van der Waals surface area contributed by atoms with Crippen molar-refractivity contribution in [1.82, 2.24) is 4.72 Å². The van der Waals surface area contributed by atoms with Gasteiger partial charge in [-0.05, 0) is 80.5 Å². The summed E-state index contributed by atoms with van der Waals surface area (Å²) in [6.45, 7) is 5.19. The molecule has 0 bridgehead atoms. The van der Waals surface area contributed by atoms with Crippen LogP contribution in [-0.4, -0.2) is 15.3 Å². The normalized spacial score (nSPS) is 18.3. The average molecular weight is 457 g/mol. The summed E-state index contributed by atoms with van der Waals surface area (Å²) in [4.78, 5) is 12.8. The van der Waals surface area contributed by atoms with Crippen molar-refractivity contribution in [2.24, 2.45) is 5.92 Å². The van der Waals surface area contributed by atoms with E-state index in [2.05, 4.69) is 23.0 Å². The van der Waals surface area contributed by atoms with Crippen LogP contribution in [0.2, 0.25) is 0 Å². The molecule has 2 aliphatic rings. The van der Waals surface area contributed by atoms with E-state index in [1.54, 1.807) is 13.8 Å². The topological polar surface area (TPSA) is 139 Å². The van der Waals surface area contributed by atoms with Crippen LogP contribution in [0.25, 0.3) is 0 Å². The van der Waals surface area contributed by atoms with Gasteiger partial charge in [0, 0.05) is 17.3 Å². The largest absolute Gasteiger partial charge is 0.452 e. The summed E-state index contributed by atoms with van der Waals surface area (Å²) >= 11 is 0. The Bertz CT molecular complexity index is 1210. The predicted molar refractivity (Wildman–Crippen MR) is 120 cm³/mol. The number of aliphatic hydroxyl groups is 1. The number of furan rings is 1. The first-order valence-corrected chi connectivity index (χ1v) is 12.3. The number of anilines is 1. The lowest BCUT2D eigenvalue weighted by Crippen LogP contribution is -2.34. The lowest BCUT2D eigenvalue weighted by molar-refractivity contribution is 0.0779. The minimum absolute atomic E-state index is 0.183. The summed E-state index contributed by atoms with van der Waals surface area (Å²) in [5.41, 5.74) is 3.29. The minimum atomic E-state index is -3.78. The summed E-state index contributed by atoms with van der Waals surface area (Å²) in [5, 5.41) is 22.3. The van der Waals surface area contributed by atoms with Gasteiger partial charge in [-0.1, -0.05) is 6.92 Å². The molecule has 1 fully saturated rings. The molecule has 1 aromatic carbocycles. The molecule has 1 heterocycles. The Hall–Kier alpha value is -2.83. The molecule has 0 saturated heterocycles. The van der Waals surface area contributed by atoms with Crippen molar-refractivity contribution in [3.63, 3.8) is 0 Å². The second kappa shape index (κ2) is 7.94. The smallest absolute Gasteiger partial charge is 0.332 e. The predicted octanol–water partition coefficient (Wildman–Crippen LogP) is 4.52. The molecule has 0 radical (unpaired) electrons. The van der Waals surface area contributed by atoms with Crippen LogP contribution in [-0.2, 0) is 28.4 Å². The number of nitrogens with one attached hydrogen (secondary N) is 3. The van der Waals surface area contributed by atoms with Gasteiger partial charge in [0.15, 0.2) is 9.92 Å². The van der Waals surface area contributed by atoms with Crippen LogP contribution in [0, 0.1) is 22.0 Å². The van der Waals surface area contributed by atoms with Gasteiger partial charge in [-0.15, -0.1) is 0 Å². The van der Waals surface area contributed by atoms with Gasteiger partial charge in [0.25, 0.3) is 0 Å². The minimum Gasteiger partial charge on any atom is -0.452 e. The number of urea groups is 1. The molecule has 1 unspecified atom stereocenters. The first-order chi connectivity index (χ1) is 15.0. The molecule has 1 aromatic heterocycles. The summed E-state index contributed by atoms with van der Waals surface area (Å²) < 4.78 is 28.5. The molecule has 4 rings (SSSR count). The number of benzene rings is 1.